The van der Waals surface area contributed by atoms with Crippen LogP contribution in [0.15, 0.2) is 30.5 Å². The minimum Gasteiger partial charge on any atom is -0.494 e. The van der Waals surface area contributed by atoms with Crippen molar-refractivity contribution in [1.29, 1.82) is 0 Å². The van der Waals surface area contributed by atoms with Crippen molar-refractivity contribution >= 4 is 17.5 Å². The van der Waals surface area contributed by atoms with Gasteiger partial charge < -0.3 is 20.1 Å². The van der Waals surface area contributed by atoms with Gasteiger partial charge in [-0.05, 0) is 25.1 Å². The summed E-state index contributed by atoms with van der Waals surface area (Å²) in [6, 6.07) is 8.34. The van der Waals surface area contributed by atoms with E-state index in [1.807, 2.05) is 42.9 Å². The molecule has 0 amide bonds. The molecule has 1 saturated heterocycles. The average molecular weight is 422 g/mol. The van der Waals surface area contributed by atoms with Gasteiger partial charge in [-0.15, -0.1) is 0 Å². The minimum atomic E-state index is 0.537. The number of nitrogens with zero attached hydrogens (tertiary/aromatic N) is 5. The quantitative estimate of drug-likeness (QED) is 0.628. The van der Waals surface area contributed by atoms with Crippen molar-refractivity contribution in [2.45, 2.75) is 25.9 Å². The Labute approximate surface area is 181 Å². The number of aryl methyl sites for hydroxylation is 1. The number of hydrogen-bond donors (Lipinski definition) is 2. The maximum Gasteiger partial charge on any atom is 0.229 e. The third kappa shape index (κ3) is 3.94. The van der Waals surface area contributed by atoms with Gasteiger partial charge >= 0.3 is 0 Å². The van der Waals surface area contributed by atoms with E-state index in [9.17, 15) is 0 Å². The second-order valence-electron chi connectivity index (χ2n) is 7.94. The molecule has 0 atom stereocenters. The Morgan fingerprint density at radius 2 is 2.06 bits per heavy atom. The largest absolute Gasteiger partial charge is 0.494 e. The fourth-order valence-electron chi connectivity index (χ4n) is 4.03. The number of anilines is 3. The Morgan fingerprint density at radius 3 is 2.81 bits per heavy atom. The van der Waals surface area contributed by atoms with Crippen molar-refractivity contribution in [3.63, 3.8) is 0 Å². The van der Waals surface area contributed by atoms with E-state index in [-0.39, 0.29) is 0 Å². The molecule has 5 rings (SSSR count). The van der Waals surface area contributed by atoms with Gasteiger partial charge in [-0.3, -0.25) is 4.90 Å². The van der Waals surface area contributed by atoms with Crippen molar-refractivity contribution in [2.24, 2.45) is 0 Å². The average Bonchev–Trinajstić information content (AvgIpc) is 3.15. The lowest BCUT2D eigenvalue weighted by molar-refractivity contribution is -0.0695. The van der Waals surface area contributed by atoms with E-state index in [0.29, 0.717) is 12.0 Å². The second-order valence-corrected chi connectivity index (χ2v) is 7.94. The zero-order valence-electron chi connectivity index (χ0n) is 18.1. The van der Waals surface area contributed by atoms with Crippen LogP contribution in [-0.4, -0.2) is 64.6 Å². The molecule has 2 N–H and O–H groups in total. The fraction of sp³-hybridized carbons (Fsp3) is 0.409. The number of ether oxygens (including phenoxy) is 2. The first-order chi connectivity index (χ1) is 15.1. The molecular formula is C22H27N7O2. The first-order valence-corrected chi connectivity index (χ1v) is 10.5. The molecule has 9 heteroatoms. The molecule has 0 aliphatic carbocycles. The number of hydrogen-bond acceptors (Lipinski definition) is 8. The molecule has 0 spiro atoms. The van der Waals surface area contributed by atoms with Crippen molar-refractivity contribution in [1.82, 2.24) is 24.6 Å². The monoisotopic (exact) mass is 421 g/mol. The summed E-state index contributed by atoms with van der Waals surface area (Å²) in [5.74, 6) is 2.07. The van der Waals surface area contributed by atoms with Gasteiger partial charge in [-0.2, -0.15) is 10.1 Å². The molecule has 1 fully saturated rings. The van der Waals surface area contributed by atoms with Crippen LogP contribution in [0.25, 0.3) is 5.69 Å². The topological polar surface area (TPSA) is 89.4 Å². The van der Waals surface area contributed by atoms with E-state index >= 15 is 0 Å². The van der Waals surface area contributed by atoms with Crippen molar-refractivity contribution in [3.8, 4) is 11.4 Å². The molecule has 0 saturated carbocycles. The molecule has 1 aromatic carbocycles. The van der Waals surface area contributed by atoms with Gasteiger partial charge in [0.1, 0.15) is 17.3 Å². The normalized spacial score (nSPS) is 16.5. The maximum atomic E-state index is 5.62. The Balaban J connectivity index is 1.43. The zero-order valence-corrected chi connectivity index (χ0v) is 18.1. The second kappa shape index (κ2) is 8.16. The SMILES string of the molecule is CNc1cc(C)nc(Nc2ccc(OC)c(-n3cc4c(n3)CCN(C3COC3)C4)c2)n1. The molecule has 2 aliphatic rings. The maximum absolute atomic E-state index is 5.62. The van der Waals surface area contributed by atoms with Gasteiger partial charge in [-0.1, -0.05) is 0 Å². The number of methoxy groups -OCH3 is 1. The van der Waals surface area contributed by atoms with E-state index in [2.05, 4.69) is 31.7 Å². The predicted molar refractivity (Wildman–Crippen MR) is 118 cm³/mol. The van der Waals surface area contributed by atoms with Crippen LogP contribution in [0.5, 0.6) is 5.75 Å². The Morgan fingerprint density at radius 1 is 1.19 bits per heavy atom. The predicted octanol–water partition coefficient (Wildman–Crippen LogP) is 2.52. The number of fused-ring (bicyclic) bond motifs is 1. The van der Waals surface area contributed by atoms with Crippen molar-refractivity contribution in [2.75, 3.05) is 44.5 Å². The first-order valence-electron chi connectivity index (χ1n) is 10.5. The minimum absolute atomic E-state index is 0.537. The highest BCUT2D eigenvalue weighted by Gasteiger charge is 2.30. The summed E-state index contributed by atoms with van der Waals surface area (Å²) < 4.78 is 12.9. The van der Waals surface area contributed by atoms with Gasteiger partial charge in [0.05, 0.1) is 32.1 Å². The molecule has 0 radical (unpaired) electrons. The van der Waals surface area contributed by atoms with Gasteiger partial charge in [0.25, 0.3) is 0 Å². The third-order valence-corrected chi connectivity index (χ3v) is 5.82. The van der Waals surface area contributed by atoms with Crippen molar-refractivity contribution < 1.29 is 9.47 Å². The molecule has 0 unspecified atom stereocenters. The number of benzene rings is 1. The molecule has 31 heavy (non-hydrogen) atoms. The smallest absolute Gasteiger partial charge is 0.229 e. The van der Waals surface area contributed by atoms with Crippen LogP contribution in [0.4, 0.5) is 17.5 Å². The Bertz CT molecular complexity index is 1090. The lowest BCUT2D eigenvalue weighted by atomic mass is 10.1. The van der Waals surface area contributed by atoms with Crippen LogP contribution < -0.4 is 15.4 Å². The lowest BCUT2D eigenvalue weighted by Crippen LogP contribution is -2.50. The Hall–Kier alpha value is -3.17. The highest BCUT2D eigenvalue weighted by Crippen LogP contribution is 2.30. The summed E-state index contributed by atoms with van der Waals surface area (Å²) in [5.41, 5.74) is 5.04. The number of nitrogens with one attached hydrogen (secondary N) is 2. The molecule has 0 bridgehead atoms. The van der Waals surface area contributed by atoms with E-state index in [0.717, 1.165) is 67.1 Å². The van der Waals surface area contributed by atoms with Crippen LogP contribution >= 0.6 is 0 Å². The summed E-state index contributed by atoms with van der Waals surface area (Å²) in [6.07, 6.45) is 3.06. The first kappa shape index (κ1) is 19.8. The van der Waals surface area contributed by atoms with Crippen LogP contribution in [0, 0.1) is 6.92 Å². The fourth-order valence-corrected chi connectivity index (χ4v) is 4.03. The molecule has 162 valence electrons. The van der Waals surface area contributed by atoms with Gasteiger partial charge in [0, 0.05) is 55.8 Å². The zero-order chi connectivity index (χ0) is 21.4. The summed E-state index contributed by atoms with van der Waals surface area (Å²) in [5, 5.41) is 11.2. The summed E-state index contributed by atoms with van der Waals surface area (Å²) in [6.45, 7) is 5.55. The molecule has 9 nitrogen and oxygen atoms in total. The standard InChI is InChI=1S/C22H27N7O2/c1-14-8-21(23-2)26-22(24-14)25-16-4-5-20(30-3)19(9-16)29-11-15-10-28(17-12-31-13-17)7-6-18(15)27-29/h4-5,8-9,11,17H,6-7,10,12-13H2,1-3H3,(H2,23,24,25,26). The summed E-state index contributed by atoms with van der Waals surface area (Å²) in [4.78, 5) is 11.5. The van der Waals surface area contributed by atoms with E-state index in [1.54, 1.807) is 7.11 Å². The van der Waals surface area contributed by atoms with Crippen LogP contribution in [0.3, 0.4) is 0 Å². The van der Waals surface area contributed by atoms with Crippen LogP contribution in [-0.2, 0) is 17.7 Å². The van der Waals surface area contributed by atoms with Gasteiger partial charge in [0.15, 0.2) is 0 Å². The lowest BCUT2D eigenvalue weighted by Gasteiger charge is -2.38. The van der Waals surface area contributed by atoms with Crippen LogP contribution in [0.1, 0.15) is 17.0 Å². The van der Waals surface area contributed by atoms with Gasteiger partial charge in [-0.25, -0.2) is 9.67 Å². The highest BCUT2D eigenvalue weighted by molar-refractivity contribution is 5.63. The van der Waals surface area contributed by atoms with Crippen LogP contribution in [0.2, 0.25) is 0 Å². The third-order valence-electron chi connectivity index (χ3n) is 5.82. The molecule has 2 aromatic heterocycles. The highest BCUT2D eigenvalue weighted by atomic mass is 16.5. The molecule has 4 heterocycles. The van der Waals surface area contributed by atoms with E-state index < -0.39 is 0 Å². The number of aromatic nitrogens is 4. The van der Waals surface area contributed by atoms with E-state index in [1.165, 1.54) is 5.56 Å². The molecule has 2 aliphatic heterocycles. The molecular weight excluding hydrogens is 394 g/mol. The van der Waals surface area contributed by atoms with Gasteiger partial charge in [0.2, 0.25) is 5.95 Å². The summed E-state index contributed by atoms with van der Waals surface area (Å²) >= 11 is 0. The summed E-state index contributed by atoms with van der Waals surface area (Å²) in [7, 11) is 3.52. The van der Waals surface area contributed by atoms with E-state index in [4.69, 9.17) is 14.6 Å². The Kier molecular flexibility index (Phi) is 5.21. The molecule has 3 aromatic rings. The number of rotatable bonds is 6. The van der Waals surface area contributed by atoms with Crippen molar-refractivity contribution in [3.05, 3.63) is 47.4 Å².